The molecule has 0 spiro atoms. The van der Waals surface area contributed by atoms with E-state index in [9.17, 15) is 55.5 Å². The number of carbonyl (C=O) groups is 2. The number of aromatic nitrogens is 4. The van der Waals surface area contributed by atoms with Crippen molar-refractivity contribution in [2.45, 2.75) is 56.1 Å². The first-order valence-electron chi connectivity index (χ1n) is 15.7. The van der Waals surface area contributed by atoms with Crippen LogP contribution in [0, 0.1) is 0 Å². The van der Waals surface area contributed by atoms with E-state index >= 15 is 0 Å². The molecule has 0 aliphatic carbocycles. The van der Waals surface area contributed by atoms with E-state index in [4.69, 9.17) is 0 Å². The minimum atomic E-state index is -4.25. The average molecular weight is 727 g/mol. The Labute approximate surface area is 294 Å². The molecule has 1 atom stereocenters. The van der Waals surface area contributed by atoms with E-state index in [2.05, 4.69) is 46.8 Å². The van der Waals surface area contributed by atoms with E-state index in [0.717, 1.165) is 31.3 Å². The number of hydrogen-bond acceptors (Lipinski definition) is 17. The first kappa shape index (κ1) is 38.1. The highest BCUT2D eigenvalue weighted by molar-refractivity contribution is 6.03. The zero-order valence-corrected chi connectivity index (χ0v) is 27.6. The number of likely N-dealkylation sites (tertiary alicyclic amines) is 1. The zero-order valence-electron chi connectivity index (χ0n) is 27.6. The summed E-state index contributed by atoms with van der Waals surface area (Å²) < 4.78 is 3.89. The molecule has 5 heterocycles. The van der Waals surface area contributed by atoms with Gasteiger partial charge in [0.15, 0.2) is 11.6 Å². The molecule has 52 heavy (non-hydrogen) atoms. The van der Waals surface area contributed by atoms with E-state index in [1.165, 1.54) is 30.5 Å². The molecule has 20 nitrogen and oxygen atoms in total. The van der Waals surface area contributed by atoms with Crippen LogP contribution in [0.15, 0.2) is 61.6 Å². The molecular formula is C32H38N8O12. The number of pyridine rings is 1. The Morgan fingerprint density at radius 2 is 1.69 bits per heavy atom. The fourth-order valence-corrected chi connectivity index (χ4v) is 5.81. The molecule has 2 aliphatic heterocycles. The van der Waals surface area contributed by atoms with Crippen molar-refractivity contribution in [1.29, 1.82) is 0 Å². The number of aromatic amines is 1. The number of ether oxygens (including phenoxy) is 1. The van der Waals surface area contributed by atoms with Crippen LogP contribution in [0.2, 0.25) is 0 Å². The van der Waals surface area contributed by atoms with Gasteiger partial charge < -0.3 is 61.6 Å². The number of piperidine rings is 1. The Bertz CT molecular complexity index is 1910. The van der Waals surface area contributed by atoms with E-state index in [-0.39, 0.29) is 28.6 Å². The summed E-state index contributed by atoms with van der Waals surface area (Å²) in [5.41, 5.74) is 1.35. The van der Waals surface area contributed by atoms with Crippen LogP contribution in [-0.2, 0) is 16.1 Å². The number of anilines is 2. The van der Waals surface area contributed by atoms with Crippen molar-refractivity contribution < 1.29 is 60.3 Å². The number of nitrogens with one attached hydrogen (secondary N) is 3. The molecule has 2 saturated heterocycles. The van der Waals surface area contributed by atoms with Crippen molar-refractivity contribution in [3.63, 3.8) is 0 Å². The standard InChI is InChI=1S/C29H32N8O12.C3H6/c38-14-33-18-2-1-9-36(12-18)11-15-7-8-30-19(10-15)25(40)34-17-5-3-16(4-6-17)21-22(39)20-23(35-21)31-13-32-24(20)37-26(41,42)28(45,46)49-29(47,48)27(37,43)44;1-3-2/h3-8,10,13-14,18,39,41-48H,1-2,9,11-12H2,(H,33,38)(H,34,40)(H,31,32,35);3H,1H2,2H3. The third-order valence-corrected chi connectivity index (χ3v) is 8.24. The van der Waals surface area contributed by atoms with Gasteiger partial charge in [-0.15, -0.1) is 6.58 Å². The van der Waals surface area contributed by atoms with Gasteiger partial charge in [0.2, 0.25) is 6.41 Å². The third kappa shape index (κ3) is 7.15. The van der Waals surface area contributed by atoms with Gasteiger partial charge in [-0.05, 0) is 56.1 Å². The highest BCUT2D eigenvalue weighted by Crippen LogP contribution is 2.48. The van der Waals surface area contributed by atoms with Crippen LogP contribution < -0.4 is 15.5 Å². The molecule has 20 heteroatoms. The normalized spacial score (nSPS) is 20.3. The van der Waals surface area contributed by atoms with Gasteiger partial charge in [0.25, 0.3) is 5.91 Å². The molecular weight excluding hydrogens is 688 g/mol. The van der Waals surface area contributed by atoms with Gasteiger partial charge in [-0.25, -0.2) is 14.9 Å². The fourth-order valence-electron chi connectivity index (χ4n) is 5.81. The topological polar surface area (TPSA) is 310 Å². The molecule has 1 unspecified atom stereocenters. The number of morpholine rings is 1. The highest BCUT2D eigenvalue weighted by atomic mass is 16.9. The van der Waals surface area contributed by atoms with E-state index in [0.29, 0.717) is 25.2 Å². The second-order valence-corrected chi connectivity index (χ2v) is 12.0. The molecule has 1 aromatic carbocycles. The molecule has 2 amide bonds. The Morgan fingerprint density at radius 3 is 2.33 bits per heavy atom. The van der Waals surface area contributed by atoms with E-state index in [1.807, 2.05) is 6.92 Å². The lowest BCUT2D eigenvalue weighted by molar-refractivity contribution is -0.606. The second-order valence-electron chi connectivity index (χ2n) is 12.0. The summed E-state index contributed by atoms with van der Waals surface area (Å²) in [6, 6.07) is 9.51. The van der Waals surface area contributed by atoms with Gasteiger partial charge in [0, 0.05) is 36.6 Å². The number of allylic oxidation sites excluding steroid dienone is 1. The van der Waals surface area contributed by atoms with Crippen molar-refractivity contribution in [2.75, 3.05) is 23.3 Å². The number of benzene rings is 1. The lowest BCUT2D eigenvalue weighted by Crippen LogP contribution is -2.84. The summed E-state index contributed by atoms with van der Waals surface area (Å²) in [5.74, 6) is -19.1. The number of aromatic hydroxyl groups is 1. The molecule has 4 aromatic rings. The molecule has 12 N–H and O–H groups in total. The molecule has 2 aliphatic rings. The van der Waals surface area contributed by atoms with Crippen LogP contribution >= 0.6 is 0 Å². The zero-order chi connectivity index (χ0) is 38.1. The number of carbonyl (C=O) groups excluding carboxylic acids is 2. The number of amides is 2. The van der Waals surface area contributed by atoms with Crippen LogP contribution in [-0.4, -0.2) is 126 Å². The largest absolute Gasteiger partial charge is 0.505 e. The van der Waals surface area contributed by atoms with Gasteiger partial charge in [0.05, 0.1) is 5.69 Å². The predicted octanol–water partition coefficient (Wildman–Crippen LogP) is -1.73. The number of aliphatic hydroxyl groups is 8. The maximum absolute atomic E-state index is 13.0. The smallest absolute Gasteiger partial charge is 0.362 e. The molecule has 0 saturated carbocycles. The molecule has 6 rings (SSSR count). The van der Waals surface area contributed by atoms with E-state index < -0.39 is 51.5 Å². The maximum Gasteiger partial charge on any atom is 0.362 e. The number of fused-ring (bicyclic) bond motifs is 1. The van der Waals surface area contributed by atoms with Crippen molar-refractivity contribution in [1.82, 2.24) is 30.2 Å². The summed E-state index contributed by atoms with van der Waals surface area (Å²) in [5, 5.41) is 98.0. The van der Waals surface area contributed by atoms with Crippen LogP contribution in [0.3, 0.4) is 0 Å². The maximum atomic E-state index is 13.0. The van der Waals surface area contributed by atoms with Crippen LogP contribution in [0.4, 0.5) is 11.5 Å². The van der Waals surface area contributed by atoms with Crippen LogP contribution in [0.5, 0.6) is 5.75 Å². The summed E-state index contributed by atoms with van der Waals surface area (Å²) in [4.78, 5) is 40.0. The van der Waals surface area contributed by atoms with Gasteiger partial charge in [-0.1, -0.05) is 18.2 Å². The van der Waals surface area contributed by atoms with Crippen molar-refractivity contribution >= 4 is 34.9 Å². The van der Waals surface area contributed by atoms with Gasteiger partial charge in [-0.2, -0.15) is 0 Å². The molecule has 2 fully saturated rings. The highest BCUT2D eigenvalue weighted by Gasteiger charge is 2.75. The SMILES string of the molecule is C=CC.O=CNC1CCCN(Cc2ccnc(C(=O)Nc3ccc(-c4[nH]c5ncnc(N6C(O)(O)C(O)(O)OC(O)(O)C6(O)O)c5c4O)cc3)c2)C1. The van der Waals surface area contributed by atoms with Gasteiger partial charge in [-0.3, -0.25) is 24.2 Å². The molecule has 278 valence electrons. The van der Waals surface area contributed by atoms with Crippen LogP contribution in [0.25, 0.3) is 22.3 Å². The summed E-state index contributed by atoms with van der Waals surface area (Å²) in [6.45, 7) is 7.36. The van der Waals surface area contributed by atoms with Crippen molar-refractivity contribution in [3.8, 4) is 17.0 Å². The minimum absolute atomic E-state index is 0.0663. The number of H-pyrrole nitrogens is 1. The molecule has 0 radical (unpaired) electrons. The van der Waals surface area contributed by atoms with Gasteiger partial charge >= 0.3 is 23.8 Å². The van der Waals surface area contributed by atoms with Crippen LogP contribution in [0.1, 0.15) is 35.8 Å². The number of rotatable bonds is 8. The summed E-state index contributed by atoms with van der Waals surface area (Å²) in [7, 11) is 0. The quantitative estimate of drug-likeness (QED) is 0.0545. The first-order valence-corrected chi connectivity index (χ1v) is 15.7. The molecule has 0 bridgehead atoms. The summed E-state index contributed by atoms with van der Waals surface area (Å²) in [6.07, 6.45) is 6.56. The Morgan fingerprint density at radius 1 is 1.04 bits per heavy atom. The van der Waals surface area contributed by atoms with Crippen molar-refractivity contribution in [2.24, 2.45) is 0 Å². The average Bonchev–Trinajstić information content (AvgIpc) is 3.41. The monoisotopic (exact) mass is 726 g/mol. The molecule has 3 aromatic heterocycles. The fraction of sp³-hybridized carbons (Fsp3) is 0.344. The Hall–Kier alpha value is -5.13. The lowest BCUT2D eigenvalue weighted by Gasteiger charge is -2.55. The Kier molecular flexibility index (Phi) is 10.6. The Balaban J connectivity index is 0.00000168. The van der Waals surface area contributed by atoms with Crippen molar-refractivity contribution in [3.05, 3.63) is 72.8 Å². The van der Waals surface area contributed by atoms with E-state index in [1.54, 1.807) is 18.2 Å². The first-order chi connectivity index (χ1) is 24.5. The lowest BCUT2D eigenvalue weighted by atomic mass is 10.1. The second kappa shape index (κ2) is 14.5. The predicted molar refractivity (Wildman–Crippen MR) is 179 cm³/mol. The minimum Gasteiger partial charge on any atom is -0.505 e. The number of hydrogen-bond donors (Lipinski definition) is 12. The van der Waals surface area contributed by atoms with Gasteiger partial charge in [0.1, 0.15) is 23.1 Å². The summed E-state index contributed by atoms with van der Waals surface area (Å²) >= 11 is 0. The number of nitrogens with zero attached hydrogens (tertiary/aromatic N) is 5. The third-order valence-electron chi connectivity index (χ3n) is 8.24.